The highest BCUT2D eigenvalue weighted by Crippen LogP contribution is 2.36. The standard InChI is InChI=1S/6C17H32N2.2C15H28N2/c2*1-14(2)9-6-5-7-12-17-16(13-18-19-17)11-8-10-15(3)4;2*1-14(2)9-7-5-6-8-10-17-16(13-18-19-17)12-11-15(3)4;2*1-14(2)9-7-5-6-8-10-16-13-18-19-17(16)12-11-15(3)4;1-12(2)7-5-6-8-14-11-15(17-16-14)10-9-13(3)4;1-12(2)8-6-5-7-9-14-11-15(17-16-14)10-13(3)4/h6*13-15,17H,5-12H2,1-4H3;2*11-13,15H,5-10H2,1-4H3. The second-order valence-electron chi connectivity index (χ2n) is 52.7. The van der Waals surface area contributed by atoms with Crippen molar-refractivity contribution in [2.75, 3.05) is 0 Å². The molecule has 8 unspecified atom stereocenters. The number of azo groups is 8. The Bertz CT molecular complexity index is 3500. The third-order valence-corrected chi connectivity index (χ3v) is 29.6. The monoisotopic (exact) mass is 2060 g/mol. The lowest BCUT2D eigenvalue weighted by Crippen LogP contribution is -2.07. The van der Waals surface area contributed by atoms with E-state index in [-0.39, 0.29) is 0 Å². The number of allylic oxidation sites excluding steroid dienone is 2. The van der Waals surface area contributed by atoms with Gasteiger partial charge in [0, 0.05) is 0 Å². The summed E-state index contributed by atoms with van der Waals surface area (Å²) in [5.74, 6) is 13.0. The molecule has 0 saturated carbocycles. The van der Waals surface area contributed by atoms with Crippen molar-refractivity contribution in [1.29, 1.82) is 0 Å². The first kappa shape index (κ1) is 141. The van der Waals surface area contributed by atoms with Crippen molar-refractivity contribution in [2.45, 2.75) is 655 Å². The molecule has 0 N–H and O–H groups in total. The van der Waals surface area contributed by atoms with Crippen LogP contribution in [-0.2, 0) is 0 Å². The van der Waals surface area contributed by atoms with E-state index in [1.165, 1.54) is 404 Å². The van der Waals surface area contributed by atoms with Crippen LogP contribution in [0.4, 0.5) is 0 Å². The van der Waals surface area contributed by atoms with Gasteiger partial charge in [-0.05, 0) is 314 Å². The molecule has 0 fully saturated rings. The lowest BCUT2D eigenvalue weighted by Gasteiger charge is -2.12. The Hall–Kier alpha value is -5.28. The second kappa shape index (κ2) is 91.9. The van der Waals surface area contributed by atoms with E-state index in [2.05, 4.69) is 316 Å². The molecule has 8 aliphatic heterocycles. The molecular weight excluding hydrogens is 1810 g/mol. The molecule has 0 saturated heterocycles. The molecule has 148 heavy (non-hydrogen) atoms. The van der Waals surface area contributed by atoms with Gasteiger partial charge in [-0.15, -0.1) is 0 Å². The van der Waals surface area contributed by atoms with Crippen molar-refractivity contribution in [3.8, 4) is 0 Å². The highest BCUT2D eigenvalue weighted by atomic mass is 15.2. The zero-order valence-electron chi connectivity index (χ0n) is 104. The molecule has 0 aromatic rings. The summed E-state index contributed by atoms with van der Waals surface area (Å²) in [5.41, 5.74) is 11.3. The third-order valence-electron chi connectivity index (χ3n) is 29.6. The molecule has 8 rings (SSSR count). The fourth-order valence-electron chi connectivity index (χ4n) is 19.6. The van der Waals surface area contributed by atoms with Gasteiger partial charge >= 0.3 is 0 Å². The highest BCUT2D eigenvalue weighted by Gasteiger charge is 2.25. The summed E-state index contributed by atoms with van der Waals surface area (Å²) >= 11 is 0. The van der Waals surface area contributed by atoms with Crippen molar-refractivity contribution < 1.29 is 0 Å². The SMILES string of the molecule is CC(C)CCCCC1=CC(CCC(C)C)N=N1.CC(C)CCCCCC1=CC(CC(C)C)N=N1.CC(C)CCCCCC1N=NC=C1CCCC(C)C.CC(C)CCCCCC1N=NC=C1CCCC(C)C.CC(C)CCCCCCC1=CN=NC1CCC(C)C.CC(C)CCCCCCC1=CN=NC1CCC(C)C.CC(C)CCCCCCC1N=NC=C1CCC(C)C.CC(C)CCCCCCC1N=NC=C1CCC(C)C. The molecular formula is C132H248N16. The Kier molecular flexibility index (Phi) is 87.4. The van der Waals surface area contributed by atoms with Crippen LogP contribution in [0.2, 0.25) is 0 Å². The van der Waals surface area contributed by atoms with E-state index in [9.17, 15) is 0 Å². The number of nitrogens with zero attached hydrogens (tertiary/aromatic N) is 16. The number of unbranched alkanes of at least 4 members (excludes halogenated alkanes) is 19. The minimum absolute atomic E-state index is 0.362. The summed E-state index contributed by atoms with van der Waals surface area (Å²) < 4.78 is 0. The molecule has 856 valence electrons. The Labute approximate surface area is 920 Å². The van der Waals surface area contributed by atoms with E-state index in [0.717, 1.165) is 114 Å². The zero-order chi connectivity index (χ0) is 110. The average molecular weight is 2060 g/mol. The first-order valence-electron chi connectivity index (χ1n) is 63.5. The van der Waals surface area contributed by atoms with E-state index < -0.39 is 0 Å². The number of rotatable bonds is 76. The molecule has 0 radical (unpaired) electrons. The molecule has 0 aromatic heterocycles. The Morgan fingerprint density at radius 1 is 0.155 bits per heavy atom. The smallest absolute Gasteiger partial charge is 0.0940 e. The molecule has 16 nitrogen and oxygen atoms in total. The first-order chi connectivity index (χ1) is 70.7. The van der Waals surface area contributed by atoms with Gasteiger partial charge in [0.1, 0.15) is 0 Å². The number of hydrogen-bond acceptors (Lipinski definition) is 16. The molecule has 0 aliphatic carbocycles. The molecule has 0 aromatic carbocycles. The van der Waals surface area contributed by atoms with Gasteiger partial charge < -0.3 is 0 Å². The van der Waals surface area contributed by atoms with Gasteiger partial charge in [0.25, 0.3) is 0 Å². The minimum atomic E-state index is 0.362. The highest BCUT2D eigenvalue weighted by molar-refractivity contribution is 5.19. The van der Waals surface area contributed by atoms with Crippen LogP contribution in [0.3, 0.4) is 0 Å². The Balaban J connectivity index is 0.000000846. The lowest BCUT2D eigenvalue weighted by molar-refractivity contribution is 0.502. The maximum atomic E-state index is 4.38. The number of hydrogen-bond donors (Lipinski definition) is 0. The maximum absolute atomic E-state index is 4.38. The maximum Gasteiger partial charge on any atom is 0.0940 e. The van der Waals surface area contributed by atoms with Gasteiger partial charge in [-0.3, -0.25) is 0 Å². The zero-order valence-corrected chi connectivity index (χ0v) is 104. The summed E-state index contributed by atoms with van der Waals surface area (Å²) in [6.07, 6.45) is 94.3. The van der Waals surface area contributed by atoms with E-state index in [1.54, 1.807) is 0 Å². The first-order valence-corrected chi connectivity index (χ1v) is 63.5. The second-order valence-corrected chi connectivity index (χ2v) is 52.7. The van der Waals surface area contributed by atoms with E-state index in [0.29, 0.717) is 54.3 Å². The van der Waals surface area contributed by atoms with E-state index in [1.807, 2.05) is 37.2 Å². The Morgan fingerprint density at radius 2 is 0.345 bits per heavy atom. The molecule has 8 aliphatic rings. The summed E-state index contributed by atoms with van der Waals surface area (Å²) in [4.78, 5) is 0. The van der Waals surface area contributed by atoms with Gasteiger partial charge in [0.2, 0.25) is 0 Å². The summed E-state index contributed by atoms with van der Waals surface area (Å²) in [6.45, 7) is 73.3. The van der Waals surface area contributed by atoms with Gasteiger partial charge in [0.15, 0.2) is 0 Å². The van der Waals surface area contributed by atoms with Crippen molar-refractivity contribution in [1.82, 2.24) is 0 Å². The van der Waals surface area contributed by atoms with Crippen LogP contribution in [0.25, 0.3) is 0 Å². The van der Waals surface area contributed by atoms with Crippen LogP contribution >= 0.6 is 0 Å². The van der Waals surface area contributed by atoms with Gasteiger partial charge in [0.05, 0.1) is 96.9 Å². The average Bonchev–Trinajstić information content (AvgIpc) is 1.79. The van der Waals surface area contributed by atoms with Gasteiger partial charge in [-0.25, -0.2) is 0 Å². The van der Waals surface area contributed by atoms with Crippen molar-refractivity contribution in [3.63, 3.8) is 0 Å². The lowest BCUT2D eigenvalue weighted by atomic mass is 9.95. The summed E-state index contributed by atoms with van der Waals surface area (Å²) in [5, 5.41) is 68.2. The van der Waals surface area contributed by atoms with Gasteiger partial charge in [-0.1, -0.05) is 433 Å². The predicted molar refractivity (Wildman–Crippen MR) is 648 cm³/mol. The van der Waals surface area contributed by atoms with Crippen molar-refractivity contribution in [3.05, 3.63) is 94.2 Å². The molecule has 0 amide bonds. The Morgan fingerprint density at radius 3 is 0.615 bits per heavy atom. The summed E-state index contributed by atoms with van der Waals surface area (Å²) in [6, 6.07) is 3.17. The predicted octanol–water partition coefficient (Wildman–Crippen LogP) is 47.5. The van der Waals surface area contributed by atoms with E-state index in [4.69, 9.17) is 0 Å². The fourth-order valence-corrected chi connectivity index (χ4v) is 19.6. The van der Waals surface area contributed by atoms with Crippen LogP contribution in [0.1, 0.15) is 607 Å². The van der Waals surface area contributed by atoms with Crippen LogP contribution in [0, 0.1) is 94.7 Å². The molecule has 16 heteroatoms. The molecule has 0 spiro atoms. The van der Waals surface area contributed by atoms with E-state index >= 15 is 0 Å². The minimum Gasteiger partial charge on any atom is -0.181 e. The molecule has 0 bridgehead atoms. The topological polar surface area (TPSA) is 198 Å². The van der Waals surface area contributed by atoms with Crippen molar-refractivity contribution in [2.24, 2.45) is 177 Å². The largest absolute Gasteiger partial charge is 0.181 e. The van der Waals surface area contributed by atoms with Crippen molar-refractivity contribution >= 4 is 0 Å². The van der Waals surface area contributed by atoms with Crippen LogP contribution in [0.15, 0.2) is 176 Å². The fraction of sp³-hybridized carbons (Fsp3) is 0.879. The quantitative estimate of drug-likeness (QED) is 0.0523. The molecule has 8 atom stereocenters. The van der Waals surface area contributed by atoms with Crippen LogP contribution in [-0.4, -0.2) is 48.3 Å². The van der Waals surface area contributed by atoms with Crippen LogP contribution < -0.4 is 0 Å². The normalized spacial score (nSPS) is 18.8. The summed E-state index contributed by atoms with van der Waals surface area (Å²) in [7, 11) is 0. The van der Waals surface area contributed by atoms with Crippen LogP contribution in [0.5, 0.6) is 0 Å². The molecule has 8 heterocycles. The van der Waals surface area contributed by atoms with Gasteiger partial charge in [-0.2, -0.15) is 81.8 Å². The third kappa shape index (κ3) is 84.1.